The molecule has 5 rings (SSSR count). The van der Waals surface area contributed by atoms with Crippen molar-refractivity contribution in [3.05, 3.63) is 66.1 Å². The predicted octanol–water partition coefficient (Wildman–Crippen LogP) is 4.03. The highest BCUT2D eigenvalue weighted by atomic mass is 16.2. The summed E-state index contributed by atoms with van der Waals surface area (Å²) < 4.78 is 0. The molecule has 30 heavy (non-hydrogen) atoms. The van der Waals surface area contributed by atoms with Gasteiger partial charge in [-0.25, -0.2) is 4.98 Å². The van der Waals surface area contributed by atoms with E-state index >= 15 is 0 Å². The van der Waals surface area contributed by atoms with Crippen molar-refractivity contribution in [1.29, 1.82) is 0 Å². The van der Waals surface area contributed by atoms with E-state index in [1.165, 1.54) is 0 Å². The summed E-state index contributed by atoms with van der Waals surface area (Å²) in [6, 6.07) is 18.0. The minimum atomic E-state index is 0.166. The number of para-hydroxylation sites is 3. The van der Waals surface area contributed by atoms with Crippen molar-refractivity contribution in [3.8, 4) is 0 Å². The fourth-order valence-electron chi connectivity index (χ4n) is 4.41. The van der Waals surface area contributed by atoms with Crippen LogP contribution in [0.4, 0.5) is 5.69 Å². The van der Waals surface area contributed by atoms with Gasteiger partial charge in [-0.15, -0.1) is 0 Å². The number of rotatable bonds is 4. The summed E-state index contributed by atoms with van der Waals surface area (Å²) in [6.45, 7) is 1.47. The number of aryl methyl sites for hydroxylation is 1. The molecule has 152 valence electrons. The number of aromatic nitrogens is 3. The standard InChI is InChI=1S/C24H25N5O/c25-18-14-16-6-1-2-8-19(16)28-24(18)17-7-5-13-29(15-17)23(30)12-11-22-26-20-9-3-4-10-21(20)27-22/h1-4,6,8-10,14,17H,5,7,11-13,15,25H2,(H,26,27)/t17-/m0/s1. The van der Waals surface area contributed by atoms with E-state index in [9.17, 15) is 4.79 Å². The minimum absolute atomic E-state index is 0.166. The summed E-state index contributed by atoms with van der Waals surface area (Å²) in [5.74, 6) is 1.21. The van der Waals surface area contributed by atoms with E-state index in [0.717, 1.165) is 58.5 Å². The number of fused-ring (bicyclic) bond motifs is 2. The topological polar surface area (TPSA) is 87.9 Å². The first-order chi connectivity index (χ1) is 14.7. The SMILES string of the molecule is Nc1cc2ccccc2nc1[C@H]1CCCN(C(=O)CCc2nc3ccccc3[nH]2)C1. The molecule has 1 aliphatic rings. The summed E-state index contributed by atoms with van der Waals surface area (Å²) in [6.07, 6.45) is 3.04. The number of likely N-dealkylation sites (tertiary alicyclic amines) is 1. The van der Waals surface area contributed by atoms with E-state index < -0.39 is 0 Å². The molecule has 6 nitrogen and oxygen atoms in total. The maximum Gasteiger partial charge on any atom is 0.223 e. The molecule has 0 aliphatic carbocycles. The van der Waals surface area contributed by atoms with Gasteiger partial charge < -0.3 is 15.6 Å². The van der Waals surface area contributed by atoms with Gasteiger partial charge in [-0.1, -0.05) is 30.3 Å². The van der Waals surface area contributed by atoms with Gasteiger partial charge in [-0.2, -0.15) is 0 Å². The summed E-state index contributed by atoms with van der Waals surface area (Å²) in [5.41, 5.74) is 10.9. The Hall–Kier alpha value is -3.41. The molecule has 1 saturated heterocycles. The molecule has 3 N–H and O–H groups in total. The van der Waals surface area contributed by atoms with Gasteiger partial charge in [-0.3, -0.25) is 9.78 Å². The van der Waals surface area contributed by atoms with Crippen molar-refractivity contribution in [2.75, 3.05) is 18.8 Å². The lowest BCUT2D eigenvalue weighted by Gasteiger charge is -2.33. The molecule has 2 aromatic heterocycles. The number of carbonyl (C=O) groups is 1. The smallest absolute Gasteiger partial charge is 0.223 e. The molecule has 2 aromatic carbocycles. The third kappa shape index (κ3) is 3.61. The quantitative estimate of drug-likeness (QED) is 0.542. The molecule has 1 aliphatic heterocycles. The fraction of sp³-hybridized carbons (Fsp3) is 0.292. The first-order valence-corrected chi connectivity index (χ1v) is 10.5. The van der Waals surface area contributed by atoms with Gasteiger partial charge in [0.2, 0.25) is 5.91 Å². The molecule has 1 amide bonds. The number of amides is 1. The van der Waals surface area contributed by atoms with Gasteiger partial charge in [0.25, 0.3) is 0 Å². The number of pyridine rings is 1. The number of nitrogens with two attached hydrogens (primary N) is 1. The van der Waals surface area contributed by atoms with Gasteiger partial charge >= 0.3 is 0 Å². The Bertz CT molecular complexity index is 1180. The second kappa shape index (κ2) is 7.78. The zero-order valence-electron chi connectivity index (χ0n) is 16.8. The number of nitrogens with one attached hydrogen (secondary N) is 1. The van der Waals surface area contributed by atoms with Gasteiger partial charge in [-0.05, 0) is 37.1 Å². The predicted molar refractivity (Wildman–Crippen MR) is 119 cm³/mol. The monoisotopic (exact) mass is 399 g/mol. The molecule has 0 bridgehead atoms. The van der Waals surface area contributed by atoms with Crippen LogP contribution in [0.3, 0.4) is 0 Å². The lowest BCUT2D eigenvalue weighted by Crippen LogP contribution is -2.39. The van der Waals surface area contributed by atoms with Crippen LogP contribution in [0.5, 0.6) is 0 Å². The lowest BCUT2D eigenvalue weighted by atomic mass is 9.92. The van der Waals surface area contributed by atoms with E-state index in [2.05, 4.69) is 9.97 Å². The third-order valence-corrected chi connectivity index (χ3v) is 5.96. The molecule has 0 spiro atoms. The average Bonchev–Trinajstić information content (AvgIpc) is 3.20. The maximum absolute atomic E-state index is 12.9. The van der Waals surface area contributed by atoms with E-state index in [1.807, 2.05) is 59.5 Å². The van der Waals surface area contributed by atoms with Crippen LogP contribution in [-0.4, -0.2) is 38.8 Å². The lowest BCUT2D eigenvalue weighted by molar-refractivity contribution is -0.132. The van der Waals surface area contributed by atoms with Crippen LogP contribution >= 0.6 is 0 Å². The Morgan fingerprint density at radius 3 is 2.77 bits per heavy atom. The van der Waals surface area contributed by atoms with Crippen molar-refractivity contribution in [1.82, 2.24) is 19.9 Å². The first kappa shape index (κ1) is 18.6. The third-order valence-electron chi connectivity index (χ3n) is 5.96. The molecule has 6 heteroatoms. The molecular formula is C24H25N5O. The van der Waals surface area contributed by atoms with E-state index in [4.69, 9.17) is 10.7 Å². The molecular weight excluding hydrogens is 374 g/mol. The summed E-state index contributed by atoms with van der Waals surface area (Å²) >= 11 is 0. The zero-order chi connectivity index (χ0) is 20.5. The molecule has 1 fully saturated rings. The number of carbonyl (C=O) groups excluding carboxylic acids is 1. The summed E-state index contributed by atoms with van der Waals surface area (Å²) in [4.78, 5) is 27.6. The van der Waals surface area contributed by atoms with Crippen LogP contribution < -0.4 is 5.73 Å². The van der Waals surface area contributed by atoms with Crippen LogP contribution in [0.1, 0.15) is 36.7 Å². The van der Waals surface area contributed by atoms with E-state index in [0.29, 0.717) is 19.4 Å². The molecule has 1 atom stereocenters. The van der Waals surface area contributed by atoms with Crippen molar-refractivity contribution < 1.29 is 4.79 Å². The number of hydrogen-bond donors (Lipinski definition) is 2. The molecule has 3 heterocycles. The largest absolute Gasteiger partial charge is 0.397 e. The second-order valence-corrected chi connectivity index (χ2v) is 8.04. The second-order valence-electron chi connectivity index (χ2n) is 8.04. The van der Waals surface area contributed by atoms with Crippen molar-refractivity contribution in [2.24, 2.45) is 0 Å². The van der Waals surface area contributed by atoms with Crippen LogP contribution in [0.15, 0.2) is 54.6 Å². The Labute approximate surface area is 175 Å². The number of piperidine rings is 1. The highest BCUT2D eigenvalue weighted by Gasteiger charge is 2.27. The minimum Gasteiger partial charge on any atom is -0.397 e. The molecule has 0 unspecified atom stereocenters. The van der Waals surface area contributed by atoms with E-state index in [-0.39, 0.29) is 11.8 Å². The van der Waals surface area contributed by atoms with Gasteiger partial charge in [0.05, 0.1) is 27.9 Å². The van der Waals surface area contributed by atoms with Gasteiger partial charge in [0, 0.05) is 37.2 Å². The van der Waals surface area contributed by atoms with Crippen LogP contribution in [0.2, 0.25) is 0 Å². The Balaban J connectivity index is 1.28. The Morgan fingerprint density at radius 1 is 1.10 bits per heavy atom. The zero-order valence-corrected chi connectivity index (χ0v) is 16.8. The fourth-order valence-corrected chi connectivity index (χ4v) is 4.41. The normalized spacial score (nSPS) is 16.9. The number of hydrogen-bond acceptors (Lipinski definition) is 4. The highest BCUT2D eigenvalue weighted by molar-refractivity contribution is 5.82. The Kier molecular flexibility index (Phi) is 4.83. The number of nitrogens with zero attached hydrogens (tertiary/aromatic N) is 3. The highest BCUT2D eigenvalue weighted by Crippen LogP contribution is 2.31. The Morgan fingerprint density at radius 2 is 1.90 bits per heavy atom. The number of imidazole rings is 1. The van der Waals surface area contributed by atoms with Crippen LogP contribution in [-0.2, 0) is 11.2 Å². The number of benzene rings is 2. The number of anilines is 1. The van der Waals surface area contributed by atoms with Crippen LogP contribution in [0, 0.1) is 0 Å². The molecule has 0 radical (unpaired) electrons. The number of aromatic amines is 1. The van der Waals surface area contributed by atoms with Crippen molar-refractivity contribution in [2.45, 2.75) is 31.6 Å². The van der Waals surface area contributed by atoms with E-state index in [1.54, 1.807) is 0 Å². The van der Waals surface area contributed by atoms with Crippen LogP contribution in [0.25, 0.3) is 21.9 Å². The number of nitrogen functional groups attached to an aromatic ring is 1. The molecule has 0 saturated carbocycles. The summed E-state index contributed by atoms with van der Waals surface area (Å²) in [7, 11) is 0. The average molecular weight is 399 g/mol. The van der Waals surface area contributed by atoms with Gasteiger partial charge in [0.15, 0.2) is 0 Å². The maximum atomic E-state index is 12.9. The first-order valence-electron chi connectivity index (χ1n) is 10.5. The summed E-state index contributed by atoms with van der Waals surface area (Å²) in [5, 5.41) is 1.05. The van der Waals surface area contributed by atoms with Crippen molar-refractivity contribution >= 4 is 33.5 Å². The van der Waals surface area contributed by atoms with Crippen molar-refractivity contribution in [3.63, 3.8) is 0 Å². The number of H-pyrrole nitrogens is 1. The molecule has 4 aromatic rings. The van der Waals surface area contributed by atoms with Gasteiger partial charge in [0.1, 0.15) is 5.82 Å².